The molecule has 2 rings (SSSR count). The number of nitrogens with one attached hydrogen (secondary N) is 1. The van der Waals surface area contributed by atoms with E-state index in [2.05, 4.69) is 21.2 Å². The fourth-order valence-corrected chi connectivity index (χ4v) is 2.07. The molecule has 0 saturated heterocycles. The molecule has 0 bridgehead atoms. The van der Waals surface area contributed by atoms with Crippen LogP contribution in [-0.2, 0) is 6.54 Å². The van der Waals surface area contributed by atoms with E-state index in [-0.39, 0.29) is 5.56 Å². The zero-order valence-electron chi connectivity index (χ0n) is 10.8. The van der Waals surface area contributed by atoms with Crippen LogP contribution >= 0.6 is 15.9 Å². The first-order chi connectivity index (χ1) is 9.47. The van der Waals surface area contributed by atoms with Crippen LogP contribution < -0.4 is 5.32 Å². The van der Waals surface area contributed by atoms with Crippen LogP contribution in [0.15, 0.2) is 40.9 Å². The van der Waals surface area contributed by atoms with Crippen molar-refractivity contribution in [2.75, 3.05) is 5.32 Å². The number of carboxylic acids is 1. The standard InChI is InChI=1S/C15H13BrFNO2/c1-9-6-10(2-4-13(9)16)8-18-11-3-5-14(17)12(7-11)15(19)20/h2-7,18H,8H2,1H3,(H,19,20). The largest absolute Gasteiger partial charge is 0.478 e. The van der Waals surface area contributed by atoms with Gasteiger partial charge in [-0.05, 0) is 42.3 Å². The van der Waals surface area contributed by atoms with Gasteiger partial charge in [0.25, 0.3) is 0 Å². The molecule has 0 saturated carbocycles. The first kappa shape index (κ1) is 14.5. The Balaban J connectivity index is 2.12. The molecule has 2 aromatic carbocycles. The second-order valence-electron chi connectivity index (χ2n) is 4.44. The second kappa shape index (κ2) is 6.05. The summed E-state index contributed by atoms with van der Waals surface area (Å²) in [6, 6.07) is 9.92. The summed E-state index contributed by atoms with van der Waals surface area (Å²) in [5, 5.41) is 12.0. The summed E-state index contributed by atoms with van der Waals surface area (Å²) in [6.45, 7) is 2.53. The van der Waals surface area contributed by atoms with E-state index in [4.69, 9.17) is 5.11 Å². The van der Waals surface area contributed by atoms with E-state index >= 15 is 0 Å². The lowest BCUT2D eigenvalue weighted by atomic mass is 10.1. The zero-order chi connectivity index (χ0) is 14.7. The predicted octanol–water partition coefficient (Wildman–Crippen LogP) is 4.21. The van der Waals surface area contributed by atoms with Gasteiger partial charge in [-0.1, -0.05) is 28.1 Å². The minimum atomic E-state index is -1.27. The van der Waals surface area contributed by atoms with Gasteiger partial charge in [0.2, 0.25) is 0 Å². The van der Waals surface area contributed by atoms with E-state index in [0.717, 1.165) is 21.7 Å². The van der Waals surface area contributed by atoms with E-state index < -0.39 is 11.8 Å². The lowest BCUT2D eigenvalue weighted by molar-refractivity contribution is 0.0692. The molecule has 2 aromatic rings. The fourth-order valence-electron chi connectivity index (χ4n) is 1.82. The third-order valence-corrected chi connectivity index (χ3v) is 3.81. The minimum absolute atomic E-state index is 0.331. The van der Waals surface area contributed by atoms with Crippen molar-refractivity contribution in [3.05, 3.63) is 63.4 Å². The van der Waals surface area contributed by atoms with Gasteiger partial charge in [-0.15, -0.1) is 0 Å². The van der Waals surface area contributed by atoms with Crippen molar-refractivity contribution >= 4 is 27.6 Å². The van der Waals surface area contributed by atoms with Gasteiger partial charge < -0.3 is 10.4 Å². The summed E-state index contributed by atoms with van der Waals surface area (Å²) >= 11 is 3.43. The Labute approximate surface area is 124 Å². The van der Waals surface area contributed by atoms with Crippen LogP contribution in [0.3, 0.4) is 0 Å². The molecule has 0 aliphatic rings. The average molecular weight is 338 g/mol. The summed E-state index contributed by atoms with van der Waals surface area (Å²) in [4.78, 5) is 10.9. The average Bonchev–Trinajstić information content (AvgIpc) is 2.41. The van der Waals surface area contributed by atoms with Crippen LogP contribution in [0.4, 0.5) is 10.1 Å². The van der Waals surface area contributed by atoms with Crippen molar-refractivity contribution < 1.29 is 14.3 Å². The molecule has 5 heteroatoms. The molecule has 0 aromatic heterocycles. The van der Waals surface area contributed by atoms with E-state index in [1.807, 2.05) is 25.1 Å². The van der Waals surface area contributed by atoms with E-state index in [9.17, 15) is 9.18 Å². The smallest absolute Gasteiger partial charge is 0.338 e. The van der Waals surface area contributed by atoms with Gasteiger partial charge in [-0.2, -0.15) is 0 Å². The molecule has 3 nitrogen and oxygen atoms in total. The maximum absolute atomic E-state index is 13.3. The van der Waals surface area contributed by atoms with Crippen LogP contribution in [0.5, 0.6) is 0 Å². The normalized spacial score (nSPS) is 10.3. The lowest BCUT2D eigenvalue weighted by Crippen LogP contribution is -2.04. The number of rotatable bonds is 4. The van der Waals surface area contributed by atoms with Crippen molar-refractivity contribution in [3.8, 4) is 0 Å². The van der Waals surface area contributed by atoms with Crippen molar-refractivity contribution in [3.63, 3.8) is 0 Å². The Bertz CT molecular complexity index is 658. The molecule has 0 atom stereocenters. The van der Waals surface area contributed by atoms with E-state index in [1.54, 1.807) is 0 Å². The molecule has 20 heavy (non-hydrogen) atoms. The number of carboxylic acid groups (broad SMARTS) is 1. The SMILES string of the molecule is Cc1cc(CNc2ccc(F)c(C(=O)O)c2)ccc1Br. The van der Waals surface area contributed by atoms with Gasteiger partial charge in [-0.25, -0.2) is 9.18 Å². The Morgan fingerprint density at radius 2 is 2.05 bits per heavy atom. The molecular weight excluding hydrogens is 325 g/mol. The Hall–Kier alpha value is -1.88. The summed E-state index contributed by atoms with van der Waals surface area (Å²) in [6.07, 6.45) is 0. The first-order valence-electron chi connectivity index (χ1n) is 5.99. The fraction of sp³-hybridized carbons (Fsp3) is 0.133. The van der Waals surface area contributed by atoms with Gasteiger partial charge in [0.1, 0.15) is 5.82 Å². The number of halogens is 2. The molecule has 0 aliphatic heterocycles. The third-order valence-electron chi connectivity index (χ3n) is 2.92. The van der Waals surface area contributed by atoms with Crippen LogP contribution in [0.2, 0.25) is 0 Å². The quantitative estimate of drug-likeness (QED) is 0.878. The number of benzene rings is 2. The maximum atomic E-state index is 13.3. The van der Waals surface area contributed by atoms with Crippen molar-refractivity contribution in [2.24, 2.45) is 0 Å². The number of carbonyl (C=O) groups is 1. The monoisotopic (exact) mass is 337 g/mol. The molecule has 2 N–H and O–H groups in total. The van der Waals surface area contributed by atoms with Crippen LogP contribution in [-0.4, -0.2) is 11.1 Å². The van der Waals surface area contributed by atoms with Gasteiger partial charge in [0, 0.05) is 16.7 Å². The number of aromatic carboxylic acids is 1. The Morgan fingerprint density at radius 1 is 1.30 bits per heavy atom. The van der Waals surface area contributed by atoms with Crippen molar-refractivity contribution in [1.29, 1.82) is 0 Å². The maximum Gasteiger partial charge on any atom is 0.338 e. The molecule has 0 amide bonds. The molecule has 0 spiro atoms. The van der Waals surface area contributed by atoms with Crippen LogP contribution in [0, 0.1) is 12.7 Å². The number of aryl methyl sites for hydroxylation is 1. The highest BCUT2D eigenvalue weighted by molar-refractivity contribution is 9.10. The summed E-state index contributed by atoms with van der Waals surface area (Å²) in [5.74, 6) is -2.01. The summed E-state index contributed by atoms with van der Waals surface area (Å²) < 4.78 is 14.3. The highest BCUT2D eigenvalue weighted by Crippen LogP contribution is 2.19. The van der Waals surface area contributed by atoms with E-state index in [1.165, 1.54) is 12.1 Å². The first-order valence-corrected chi connectivity index (χ1v) is 6.78. The summed E-state index contributed by atoms with van der Waals surface area (Å²) in [7, 11) is 0. The number of hydrogen-bond acceptors (Lipinski definition) is 2. The molecule has 0 aliphatic carbocycles. The molecule has 0 radical (unpaired) electrons. The third kappa shape index (κ3) is 3.36. The number of anilines is 1. The van der Waals surface area contributed by atoms with Gasteiger partial charge >= 0.3 is 5.97 Å². The predicted molar refractivity (Wildman–Crippen MR) is 79.6 cm³/mol. The highest BCUT2D eigenvalue weighted by atomic mass is 79.9. The molecule has 104 valence electrons. The van der Waals surface area contributed by atoms with Crippen molar-refractivity contribution in [1.82, 2.24) is 0 Å². The van der Waals surface area contributed by atoms with Gasteiger partial charge in [0.15, 0.2) is 0 Å². The van der Waals surface area contributed by atoms with Gasteiger partial charge in [-0.3, -0.25) is 0 Å². The topological polar surface area (TPSA) is 49.3 Å². The summed E-state index contributed by atoms with van der Waals surface area (Å²) in [5.41, 5.74) is 2.42. The molecule has 0 fully saturated rings. The number of hydrogen-bond donors (Lipinski definition) is 2. The zero-order valence-corrected chi connectivity index (χ0v) is 12.4. The van der Waals surface area contributed by atoms with Gasteiger partial charge in [0.05, 0.1) is 5.56 Å². The molecule has 0 heterocycles. The second-order valence-corrected chi connectivity index (χ2v) is 5.29. The minimum Gasteiger partial charge on any atom is -0.478 e. The Morgan fingerprint density at radius 3 is 2.70 bits per heavy atom. The lowest BCUT2D eigenvalue weighted by Gasteiger charge is -2.09. The Kier molecular flexibility index (Phi) is 4.39. The van der Waals surface area contributed by atoms with Crippen molar-refractivity contribution in [2.45, 2.75) is 13.5 Å². The van der Waals surface area contributed by atoms with E-state index in [0.29, 0.717) is 12.2 Å². The van der Waals surface area contributed by atoms with Crippen LogP contribution in [0.1, 0.15) is 21.5 Å². The van der Waals surface area contributed by atoms with Crippen LogP contribution in [0.25, 0.3) is 0 Å². The molecular formula is C15H13BrFNO2. The molecule has 0 unspecified atom stereocenters. The highest BCUT2D eigenvalue weighted by Gasteiger charge is 2.10.